The molecule has 0 atom stereocenters. The molecule has 8 heteroatoms. The zero-order chi connectivity index (χ0) is 19.9. The summed E-state index contributed by atoms with van der Waals surface area (Å²) in [5.74, 6) is -0.0239. The molecule has 1 aliphatic heterocycles. The fraction of sp³-hybridized carbons (Fsp3) is 0.579. The molecule has 4 N–H and O–H groups in total. The van der Waals surface area contributed by atoms with Gasteiger partial charge in [0.25, 0.3) is 0 Å². The number of carbonyl (C=O) groups excluding carboxylic acids is 1. The van der Waals surface area contributed by atoms with Crippen LogP contribution in [0.1, 0.15) is 19.3 Å². The highest BCUT2D eigenvalue weighted by Gasteiger charge is 2.30. The van der Waals surface area contributed by atoms with Gasteiger partial charge in [-0.3, -0.25) is 9.79 Å². The Morgan fingerprint density at radius 3 is 2.74 bits per heavy atom. The summed E-state index contributed by atoms with van der Waals surface area (Å²) in [6, 6.07) is 4.81. The number of aliphatic hydroxyl groups is 1. The Kier molecular flexibility index (Phi) is 7.58. The van der Waals surface area contributed by atoms with Gasteiger partial charge in [0.15, 0.2) is 0 Å². The third kappa shape index (κ3) is 7.16. The molecular formula is C19H31N5O3. The normalized spacial score (nSPS) is 17.4. The molecule has 0 saturated carbocycles. The van der Waals surface area contributed by atoms with Crippen molar-refractivity contribution in [3.8, 4) is 5.75 Å². The molecule has 0 aromatic heterocycles. The number of piperidine rings is 1. The predicted molar refractivity (Wildman–Crippen MR) is 109 cm³/mol. The third-order valence-corrected chi connectivity index (χ3v) is 4.68. The van der Waals surface area contributed by atoms with Crippen LogP contribution >= 0.6 is 0 Å². The largest absolute Gasteiger partial charge is 0.506 e. The molecule has 1 saturated heterocycles. The first kappa shape index (κ1) is 21.1. The monoisotopic (exact) mass is 377 g/mol. The highest BCUT2D eigenvalue weighted by atomic mass is 16.3. The summed E-state index contributed by atoms with van der Waals surface area (Å²) in [6.45, 7) is 2.70. The molecule has 0 aliphatic carbocycles. The van der Waals surface area contributed by atoms with E-state index in [-0.39, 0.29) is 11.7 Å². The van der Waals surface area contributed by atoms with Gasteiger partial charge in [0.1, 0.15) is 5.75 Å². The SMILES string of the molecule is CN(C)CCC(=O)Nc1ccc(O)c(NC=NCC2(O)CCN(C)CC2)c1. The number of hydrogen-bond donors (Lipinski definition) is 4. The lowest BCUT2D eigenvalue weighted by molar-refractivity contribution is -0.116. The van der Waals surface area contributed by atoms with Crippen molar-refractivity contribution in [3.05, 3.63) is 18.2 Å². The van der Waals surface area contributed by atoms with Crippen LogP contribution in [-0.4, -0.2) is 85.2 Å². The number of nitrogens with one attached hydrogen (secondary N) is 2. The Bertz CT molecular complexity index is 655. The maximum Gasteiger partial charge on any atom is 0.225 e. The van der Waals surface area contributed by atoms with E-state index in [1.54, 1.807) is 12.1 Å². The van der Waals surface area contributed by atoms with Crippen molar-refractivity contribution in [1.82, 2.24) is 9.80 Å². The van der Waals surface area contributed by atoms with Crippen LogP contribution in [0.15, 0.2) is 23.2 Å². The number of anilines is 2. The van der Waals surface area contributed by atoms with Crippen LogP contribution in [0, 0.1) is 0 Å². The highest BCUT2D eigenvalue weighted by molar-refractivity contribution is 5.92. The van der Waals surface area contributed by atoms with Crippen molar-refractivity contribution in [2.45, 2.75) is 24.9 Å². The van der Waals surface area contributed by atoms with Crippen LogP contribution in [0.25, 0.3) is 0 Å². The predicted octanol–water partition coefficient (Wildman–Crippen LogP) is 1.18. The van der Waals surface area contributed by atoms with Crippen molar-refractivity contribution >= 4 is 23.6 Å². The van der Waals surface area contributed by atoms with Gasteiger partial charge < -0.3 is 30.6 Å². The van der Waals surface area contributed by atoms with E-state index in [4.69, 9.17) is 0 Å². The van der Waals surface area contributed by atoms with E-state index in [1.165, 1.54) is 12.4 Å². The van der Waals surface area contributed by atoms with Crippen LogP contribution in [0.3, 0.4) is 0 Å². The third-order valence-electron chi connectivity index (χ3n) is 4.68. The van der Waals surface area contributed by atoms with Gasteiger partial charge in [-0.25, -0.2) is 0 Å². The van der Waals surface area contributed by atoms with Gasteiger partial charge in [-0.1, -0.05) is 0 Å². The summed E-state index contributed by atoms with van der Waals surface area (Å²) in [5, 5.41) is 26.2. The first-order chi connectivity index (χ1) is 12.8. The van der Waals surface area contributed by atoms with Crippen molar-refractivity contribution in [2.24, 2.45) is 4.99 Å². The van der Waals surface area contributed by atoms with Crippen LogP contribution in [-0.2, 0) is 4.79 Å². The number of amides is 1. The summed E-state index contributed by atoms with van der Waals surface area (Å²) in [6.07, 6.45) is 3.26. The Morgan fingerprint density at radius 2 is 2.07 bits per heavy atom. The first-order valence-electron chi connectivity index (χ1n) is 9.21. The van der Waals surface area contributed by atoms with Crippen LogP contribution in [0.4, 0.5) is 11.4 Å². The second kappa shape index (κ2) is 9.68. The molecule has 0 unspecified atom stereocenters. The second-order valence-electron chi connectivity index (χ2n) is 7.48. The Labute approximate surface area is 160 Å². The van der Waals surface area contributed by atoms with E-state index in [0.717, 1.165) is 13.1 Å². The number of aliphatic imine (C=N–C) groups is 1. The van der Waals surface area contributed by atoms with Gasteiger partial charge in [-0.2, -0.15) is 0 Å². The highest BCUT2D eigenvalue weighted by Crippen LogP contribution is 2.26. The minimum absolute atomic E-state index is 0.0609. The van der Waals surface area contributed by atoms with Crippen molar-refractivity contribution in [3.63, 3.8) is 0 Å². The van der Waals surface area contributed by atoms with Gasteiger partial charge in [0.2, 0.25) is 5.91 Å². The van der Waals surface area contributed by atoms with Crippen molar-refractivity contribution in [2.75, 3.05) is 58.0 Å². The lowest BCUT2D eigenvalue weighted by Crippen LogP contribution is -2.44. The molecule has 0 spiro atoms. The average molecular weight is 377 g/mol. The lowest BCUT2D eigenvalue weighted by Gasteiger charge is -2.35. The minimum Gasteiger partial charge on any atom is -0.506 e. The zero-order valence-electron chi connectivity index (χ0n) is 16.4. The topological polar surface area (TPSA) is 100 Å². The fourth-order valence-electron chi connectivity index (χ4n) is 2.80. The molecule has 0 bridgehead atoms. The number of carbonyl (C=O) groups is 1. The number of likely N-dealkylation sites (tertiary alicyclic amines) is 1. The van der Waals surface area contributed by atoms with Gasteiger partial charge in [-0.05, 0) is 52.2 Å². The molecule has 150 valence electrons. The summed E-state index contributed by atoms with van der Waals surface area (Å²) >= 11 is 0. The molecule has 2 rings (SSSR count). The van der Waals surface area contributed by atoms with Crippen LogP contribution in [0.2, 0.25) is 0 Å². The number of nitrogens with zero attached hydrogens (tertiary/aromatic N) is 3. The Balaban J connectivity index is 1.87. The molecule has 1 fully saturated rings. The quantitative estimate of drug-likeness (QED) is 0.235. The van der Waals surface area contributed by atoms with Crippen molar-refractivity contribution < 1.29 is 15.0 Å². The molecule has 1 amide bonds. The molecule has 1 aromatic rings. The average Bonchev–Trinajstić information content (AvgIpc) is 2.62. The molecule has 1 aliphatic rings. The minimum atomic E-state index is -0.769. The van der Waals surface area contributed by atoms with E-state index in [0.29, 0.717) is 43.7 Å². The zero-order valence-corrected chi connectivity index (χ0v) is 16.4. The number of hydrogen-bond acceptors (Lipinski definition) is 6. The Morgan fingerprint density at radius 1 is 1.37 bits per heavy atom. The smallest absolute Gasteiger partial charge is 0.225 e. The van der Waals surface area contributed by atoms with E-state index >= 15 is 0 Å². The maximum absolute atomic E-state index is 11.9. The van der Waals surface area contributed by atoms with Crippen LogP contribution in [0.5, 0.6) is 5.75 Å². The summed E-state index contributed by atoms with van der Waals surface area (Å²) in [7, 11) is 5.87. The fourth-order valence-corrected chi connectivity index (χ4v) is 2.80. The van der Waals surface area contributed by atoms with Gasteiger partial charge in [0, 0.05) is 31.7 Å². The number of phenols is 1. The molecular weight excluding hydrogens is 346 g/mol. The van der Waals surface area contributed by atoms with E-state index in [2.05, 4.69) is 20.5 Å². The summed E-state index contributed by atoms with van der Waals surface area (Å²) < 4.78 is 0. The number of phenolic OH excluding ortho intramolecular Hbond substituents is 1. The van der Waals surface area contributed by atoms with Gasteiger partial charge in [0.05, 0.1) is 24.2 Å². The molecule has 1 aromatic carbocycles. The van der Waals surface area contributed by atoms with E-state index in [1.807, 2.05) is 26.0 Å². The number of benzene rings is 1. The van der Waals surface area contributed by atoms with Gasteiger partial charge in [-0.15, -0.1) is 0 Å². The Hall–Kier alpha value is -2.16. The first-order valence-corrected chi connectivity index (χ1v) is 9.21. The standard InChI is InChI=1S/C19H31N5O3/c1-23(2)9-6-18(26)22-15-4-5-17(25)16(12-15)21-14-20-13-19(27)7-10-24(3)11-8-19/h4-5,12,14,25,27H,6-11,13H2,1-3H3,(H,20,21)(H,22,26). The number of rotatable bonds is 8. The second-order valence-corrected chi connectivity index (χ2v) is 7.48. The molecule has 27 heavy (non-hydrogen) atoms. The summed E-state index contributed by atoms with van der Waals surface area (Å²) in [5.41, 5.74) is 0.274. The van der Waals surface area contributed by atoms with Crippen molar-refractivity contribution in [1.29, 1.82) is 0 Å². The van der Waals surface area contributed by atoms with E-state index in [9.17, 15) is 15.0 Å². The van der Waals surface area contributed by atoms with E-state index < -0.39 is 5.60 Å². The number of aromatic hydroxyl groups is 1. The maximum atomic E-state index is 11.9. The van der Waals surface area contributed by atoms with Crippen LogP contribution < -0.4 is 10.6 Å². The van der Waals surface area contributed by atoms with Gasteiger partial charge >= 0.3 is 0 Å². The summed E-state index contributed by atoms with van der Waals surface area (Å²) in [4.78, 5) is 20.3. The molecule has 1 heterocycles. The molecule has 0 radical (unpaired) electrons. The molecule has 8 nitrogen and oxygen atoms in total. The lowest BCUT2D eigenvalue weighted by atomic mass is 9.92.